The van der Waals surface area contributed by atoms with Gasteiger partial charge in [0.05, 0.1) is 22.5 Å². The predicted molar refractivity (Wildman–Crippen MR) is 94.8 cm³/mol. The summed E-state index contributed by atoms with van der Waals surface area (Å²) in [4.78, 5) is 15.4. The van der Waals surface area contributed by atoms with Gasteiger partial charge in [-0.05, 0) is 37.4 Å². The molecule has 0 bridgehead atoms. The minimum absolute atomic E-state index is 0.114. The number of benzene rings is 2. The zero-order chi connectivity index (χ0) is 19.1. The molecule has 0 saturated heterocycles. The third-order valence-electron chi connectivity index (χ3n) is 4.50. The van der Waals surface area contributed by atoms with Gasteiger partial charge in [0, 0.05) is 19.5 Å². The molecule has 0 saturated carbocycles. The van der Waals surface area contributed by atoms with E-state index in [1.54, 1.807) is 23.1 Å². The second-order valence-electron chi connectivity index (χ2n) is 6.62. The molecule has 4 nitrogen and oxygen atoms in total. The monoisotopic (exact) mass is 363 g/mol. The number of hydrogen-bond acceptors (Lipinski definition) is 3. The van der Waals surface area contributed by atoms with Gasteiger partial charge < -0.3 is 15.5 Å². The van der Waals surface area contributed by atoms with Crippen molar-refractivity contribution in [1.29, 1.82) is 0 Å². The van der Waals surface area contributed by atoms with E-state index in [4.69, 9.17) is 5.73 Å². The van der Waals surface area contributed by atoms with E-state index in [0.29, 0.717) is 30.8 Å². The molecule has 1 aliphatic heterocycles. The van der Waals surface area contributed by atoms with E-state index in [-0.39, 0.29) is 11.3 Å². The number of fused-ring (bicyclic) bond motifs is 2. The normalized spacial score (nSPS) is 13.5. The number of primary amides is 1. The van der Waals surface area contributed by atoms with E-state index in [2.05, 4.69) is 0 Å². The van der Waals surface area contributed by atoms with Crippen LogP contribution in [0.15, 0.2) is 36.4 Å². The number of halogens is 3. The first-order valence-electron chi connectivity index (χ1n) is 8.23. The quantitative estimate of drug-likeness (QED) is 0.906. The molecule has 138 valence electrons. The molecule has 0 unspecified atom stereocenters. The van der Waals surface area contributed by atoms with Crippen molar-refractivity contribution in [3.05, 3.63) is 58.7 Å². The van der Waals surface area contributed by atoms with Crippen LogP contribution in [0.4, 0.5) is 24.5 Å². The van der Waals surface area contributed by atoms with E-state index >= 15 is 0 Å². The maximum atomic E-state index is 13.7. The number of para-hydroxylation sites is 2. The van der Waals surface area contributed by atoms with E-state index < -0.39 is 17.6 Å². The molecule has 7 heteroatoms. The first kappa shape index (κ1) is 18.3. The van der Waals surface area contributed by atoms with Crippen molar-refractivity contribution in [3.63, 3.8) is 0 Å². The number of anilines is 2. The summed E-state index contributed by atoms with van der Waals surface area (Å²) in [5.41, 5.74) is 7.03. The highest BCUT2D eigenvalue weighted by atomic mass is 19.4. The third kappa shape index (κ3) is 3.26. The minimum Gasteiger partial charge on any atom is -0.366 e. The Morgan fingerprint density at radius 1 is 1.12 bits per heavy atom. The van der Waals surface area contributed by atoms with E-state index in [9.17, 15) is 18.0 Å². The van der Waals surface area contributed by atoms with Crippen LogP contribution in [-0.2, 0) is 12.6 Å². The Hall–Kier alpha value is -2.54. The van der Waals surface area contributed by atoms with Gasteiger partial charge in [-0.2, -0.15) is 13.2 Å². The summed E-state index contributed by atoms with van der Waals surface area (Å²) in [7, 11) is 3.70. The van der Waals surface area contributed by atoms with Gasteiger partial charge in [-0.25, -0.2) is 0 Å². The number of likely N-dealkylation sites (N-methyl/N-ethyl adjacent to an activating group) is 1. The fourth-order valence-corrected chi connectivity index (χ4v) is 3.37. The first-order valence-corrected chi connectivity index (χ1v) is 8.23. The van der Waals surface area contributed by atoms with Crippen molar-refractivity contribution in [2.75, 3.05) is 32.1 Å². The molecule has 1 amide bonds. The molecule has 0 spiro atoms. The molecule has 0 fully saturated rings. The summed E-state index contributed by atoms with van der Waals surface area (Å²) in [6.45, 7) is 0.836. The summed E-state index contributed by atoms with van der Waals surface area (Å²) in [6.07, 6.45) is -4.16. The van der Waals surface area contributed by atoms with Gasteiger partial charge in [-0.1, -0.05) is 24.3 Å². The zero-order valence-corrected chi connectivity index (χ0v) is 14.6. The van der Waals surface area contributed by atoms with Gasteiger partial charge in [0.1, 0.15) is 0 Å². The predicted octanol–water partition coefficient (Wildman–Crippen LogP) is 3.41. The Bertz CT molecular complexity index is 846. The highest BCUT2D eigenvalue weighted by Gasteiger charge is 2.38. The molecular weight excluding hydrogens is 343 g/mol. The third-order valence-corrected chi connectivity index (χ3v) is 4.50. The lowest BCUT2D eigenvalue weighted by molar-refractivity contribution is -0.137. The Labute approximate surface area is 150 Å². The molecule has 2 aromatic carbocycles. The topological polar surface area (TPSA) is 49.6 Å². The molecule has 2 N–H and O–H groups in total. The van der Waals surface area contributed by atoms with Crippen molar-refractivity contribution >= 4 is 17.3 Å². The number of alkyl halides is 3. The van der Waals surface area contributed by atoms with Gasteiger partial charge in [0.15, 0.2) is 0 Å². The zero-order valence-electron chi connectivity index (χ0n) is 14.6. The lowest BCUT2D eigenvalue weighted by Crippen LogP contribution is -2.34. The molecule has 1 aliphatic rings. The number of carbonyl (C=O) groups excluding carboxylic acids is 1. The van der Waals surface area contributed by atoms with Crippen molar-refractivity contribution < 1.29 is 18.0 Å². The second-order valence-corrected chi connectivity index (χ2v) is 6.62. The highest BCUT2D eigenvalue weighted by Crippen LogP contribution is 2.46. The first-order chi connectivity index (χ1) is 12.2. The van der Waals surface area contributed by atoms with Gasteiger partial charge >= 0.3 is 6.18 Å². The SMILES string of the molecule is CN(C)CCN1c2c(cccc2C(N)=O)Cc2cccc(C(F)(F)F)c21. The van der Waals surface area contributed by atoms with Crippen molar-refractivity contribution in [1.82, 2.24) is 4.90 Å². The maximum Gasteiger partial charge on any atom is 0.418 e. The van der Waals surface area contributed by atoms with Gasteiger partial charge in [0.2, 0.25) is 0 Å². The van der Waals surface area contributed by atoms with Gasteiger partial charge in [0.25, 0.3) is 5.91 Å². The molecule has 0 aromatic heterocycles. The van der Waals surface area contributed by atoms with Crippen LogP contribution >= 0.6 is 0 Å². The van der Waals surface area contributed by atoms with Crippen LogP contribution < -0.4 is 10.6 Å². The molecule has 26 heavy (non-hydrogen) atoms. The number of rotatable bonds is 4. The van der Waals surface area contributed by atoms with Crippen LogP contribution in [0.3, 0.4) is 0 Å². The van der Waals surface area contributed by atoms with E-state index in [1.807, 2.05) is 25.1 Å². The van der Waals surface area contributed by atoms with Crippen molar-refractivity contribution in [2.24, 2.45) is 5.73 Å². The largest absolute Gasteiger partial charge is 0.418 e. The summed E-state index contributed by atoms with van der Waals surface area (Å²) in [5.74, 6) is -0.648. The van der Waals surface area contributed by atoms with E-state index in [0.717, 1.165) is 11.6 Å². The molecule has 0 radical (unpaired) electrons. The standard InChI is InChI=1S/C19H20F3N3O/c1-24(2)9-10-25-16-12(5-3-7-14(16)18(23)26)11-13-6-4-8-15(17(13)25)19(20,21)22/h3-8H,9-11H2,1-2H3,(H2,23,26). The highest BCUT2D eigenvalue weighted by molar-refractivity contribution is 6.01. The fraction of sp³-hybridized carbons (Fsp3) is 0.316. The molecular formula is C19H20F3N3O. The molecule has 0 aliphatic carbocycles. The van der Waals surface area contributed by atoms with Gasteiger partial charge in [-0.3, -0.25) is 4.79 Å². The van der Waals surface area contributed by atoms with Crippen LogP contribution in [-0.4, -0.2) is 38.0 Å². The summed E-state index contributed by atoms with van der Waals surface area (Å²) < 4.78 is 41.0. The maximum absolute atomic E-state index is 13.7. The lowest BCUT2D eigenvalue weighted by atomic mass is 9.90. The summed E-state index contributed by atoms with van der Waals surface area (Å²) >= 11 is 0. The average molecular weight is 363 g/mol. The molecule has 2 aromatic rings. The second kappa shape index (κ2) is 6.64. The molecule has 3 rings (SSSR count). The van der Waals surface area contributed by atoms with Crippen molar-refractivity contribution in [2.45, 2.75) is 12.6 Å². The Balaban J connectivity index is 2.25. The number of carbonyl (C=O) groups is 1. The van der Waals surface area contributed by atoms with E-state index in [1.165, 1.54) is 6.07 Å². The summed E-state index contributed by atoms with van der Waals surface area (Å²) in [5, 5.41) is 0. The van der Waals surface area contributed by atoms with Crippen LogP contribution in [0.2, 0.25) is 0 Å². The minimum atomic E-state index is -4.49. The van der Waals surface area contributed by atoms with Crippen LogP contribution in [0.1, 0.15) is 27.0 Å². The Morgan fingerprint density at radius 3 is 2.31 bits per heavy atom. The molecule has 0 atom stereocenters. The Morgan fingerprint density at radius 2 is 1.73 bits per heavy atom. The van der Waals surface area contributed by atoms with Crippen molar-refractivity contribution in [3.8, 4) is 0 Å². The van der Waals surface area contributed by atoms with Crippen LogP contribution in [0, 0.1) is 0 Å². The summed E-state index contributed by atoms with van der Waals surface area (Å²) in [6, 6.07) is 9.31. The smallest absolute Gasteiger partial charge is 0.366 e. The average Bonchev–Trinajstić information content (AvgIpc) is 2.56. The molecule has 1 heterocycles. The number of nitrogens with two attached hydrogens (primary N) is 1. The number of nitrogens with zero attached hydrogens (tertiary/aromatic N) is 2. The fourth-order valence-electron chi connectivity index (χ4n) is 3.37. The van der Waals surface area contributed by atoms with Crippen LogP contribution in [0.5, 0.6) is 0 Å². The van der Waals surface area contributed by atoms with Gasteiger partial charge in [-0.15, -0.1) is 0 Å². The Kier molecular flexibility index (Phi) is 4.66. The number of hydrogen-bond donors (Lipinski definition) is 1. The van der Waals surface area contributed by atoms with Crippen LogP contribution in [0.25, 0.3) is 0 Å². The number of amides is 1. The lowest BCUT2D eigenvalue weighted by Gasteiger charge is -2.37.